The Hall–Kier alpha value is -1.98. The Morgan fingerprint density at radius 1 is 1.09 bits per heavy atom. The van der Waals surface area contributed by atoms with Gasteiger partial charge >= 0.3 is 0 Å². The number of hydrogen-bond acceptors (Lipinski definition) is 3. The van der Waals surface area contributed by atoms with Crippen LogP contribution in [0.25, 0.3) is 20.5 Å². The summed E-state index contributed by atoms with van der Waals surface area (Å²) in [6.45, 7) is 0. The Morgan fingerprint density at radius 2 is 1.91 bits per heavy atom. The van der Waals surface area contributed by atoms with Crippen molar-refractivity contribution in [1.29, 1.82) is 0 Å². The van der Waals surface area contributed by atoms with Crippen LogP contribution < -0.4 is 5.73 Å². The molecule has 3 nitrogen and oxygen atoms in total. The minimum atomic E-state index is -1.25. The van der Waals surface area contributed by atoms with Crippen LogP contribution in [0.2, 0.25) is 0 Å². The van der Waals surface area contributed by atoms with Crippen LogP contribution >= 0.6 is 11.3 Å². The lowest BCUT2D eigenvalue weighted by atomic mass is 10.1. The molecule has 0 aliphatic rings. The number of carbonyl (C=O) groups excluding carboxylic acids is 1. The van der Waals surface area contributed by atoms with E-state index in [9.17, 15) is 9.00 Å². The van der Waals surface area contributed by atoms with Gasteiger partial charge in [0.25, 0.3) is 0 Å². The minimum Gasteiger partial charge on any atom is -0.369 e. The lowest BCUT2D eigenvalue weighted by Crippen LogP contribution is -2.20. The van der Waals surface area contributed by atoms with Crippen molar-refractivity contribution in [2.75, 3.05) is 5.75 Å². The maximum absolute atomic E-state index is 11.8. The van der Waals surface area contributed by atoms with Gasteiger partial charge in [0.05, 0.1) is 0 Å². The van der Waals surface area contributed by atoms with Gasteiger partial charge in [-0.05, 0) is 34.7 Å². The van der Waals surface area contributed by atoms with Crippen molar-refractivity contribution < 1.29 is 9.00 Å². The Morgan fingerprint density at radius 3 is 2.68 bits per heavy atom. The number of primary amides is 1. The predicted molar refractivity (Wildman–Crippen MR) is 93.2 cm³/mol. The van der Waals surface area contributed by atoms with Gasteiger partial charge in [0.1, 0.15) is 5.75 Å². The second kappa shape index (κ2) is 6.42. The summed E-state index contributed by atoms with van der Waals surface area (Å²) >= 11 is 1.74. The number of amides is 1. The molecular formula is C17H15NO2S2. The fourth-order valence-electron chi connectivity index (χ4n) is 2.33. The monoisotopic (exact) mass is 329 g/mol. The SMILES string of the molecule is NC(=O)CS(=O)Cc1cccc(-c2cc3ccccc3s2)c1. The number of benzene rings is 2. The first-order valence-corrected chi connectivity index (χ1v) is 9.13. The highest BCUT2D eigenvalue weighted by molar-refractivity contribution is 7.84. The summed E-state index contributed by atoms with van der Waals surface area (Å²) in [7, 11) is -1.25. The smallest absolute Gasteiger partial charge is 0.230 e. The summed E-state index contributed by atoms with van der Waals surface area (Å²) in [6, 6.07) is 18.4. The van der Waals surface area contributed by atoms with Crippen LogP contribution in [0, 0.1) is 0 Å². The zero-order valence-corrected chi connectivity index (χ0v) is 13.5. The minimum absolute atomic E-state index is 0.0902. The Balaban J connectivity index is 1.87. The van der Waals surface area contributed by atoms with Gasteiger partial charge in [0, 0.05) is 26.1 Å². The van der Waals surface area contributed by atoms with E-state index in [0.717, 1.165) is 11.1 Å². The average Bonchev–Trinajstić information content (AvgIpc) is 2.90. The highest BCUT2D eigenvalue weighted by atomic mass is 32.2. The van der Waals surface area contributed by atoms with Crippen LogP contribution in [0.15, 0.2) is 54.6 Å². The fourth-order valence-corrected chi connectivity index (χ4v) is 4.36. The summed E-state index contributed by atoms with van der Waals surface area (Å²) in [6.07, 6.45) is 0. The molecule has 1 aromatic heterocycles. The summed E-state index contributed by atoms with van der Waals surface area (Å²) in [5.74, 6) is -0.270. The van der Waals surface area contributed by atoms with Crippen molar-refractivity contribution in [3.63, 3.8) is 0 Å². The molecule has 3 aromatic rings. The molecule has 0 fully saturated rings. The second-order valence-electron chi connectivity index (χ2n) is 5.04. The fraction of sp³-hybridized carbons (Fsp3) is 0.118. The second-order valence-corrected chi connectivity index (χ2v) is 7.58. The topological polar surface area (TPSA) is 60.2 Å². The number of fused-ring (bicyclic) bond motifs is 1. The molecule has 0 aliphatic heterocycles. The molecule has 1 atom stereocenters. The van der Waals surface area contributed by atoms with Gasteiger partial charge in [0.15, 0.2) is 0 Å². The van der Waals surface area contributed by atoms with Crippen LogP contribution in [0.1, 0.15) is 5.56 Å². The molecule has 0 saturated carbocycles. The van der Waals surface area contributed by atoms with Crippen molar-refractivity contribution in [2.24, 2.45) is 5.73 Å². The van der Waals surface area contributed by atoms with Gasteiger partial charge in [-0.3, -0.25) is 9.00 Å². The zero-order chi connectivity index (χ0) is 15.5. The van der Waals surface area contributed by atoms with Crippen molar-refractivity contribution in [1.82, 2.24) is 0 Å². The van der Waals surface area contributed by atoms with E-state index >= 15 is 0 Å². The van der Waals surface area contributed by atoms with E-state index in [1.165, 1.54) is 15.0 Å². The van der Waals surface area contributed by atoms with Crippen molar-refractivity contribution in [3.05, 3.63) is 60.2 Å². The van der Waals surface area contributed by atoms with Gasteiger partial charge in [-0.2, -0.15) is 0 Å². The maximum Gasteiger partial charge on any atom is 0.230 e. The predicted octanol–water partition coefficient (Wildman–Crippen LogP) is 3.30. The third-order valence-electron chi connectivity index (χ3n) is 3.27. The van der Waals surface area contributed by atoms with E-state index in [-0.39, 0.29) is 5.75 Å². The standard InChI is InChI=1S/C17H15NO2S2/c18-17(19)11-22(20)10-12-4-3-6-13(8-12)16-9-14-5-1-2-7-15(14)21-16/h1-9H,10-11H2,(H2,18,19). The van der Waals surface area contributed by atoms with Crippen LogP contribution in [0.4, 0.5) is 0 Å². The molecule has 2 N–H and O–H groups in total. The summed E-state index contributed by atoms with van der Waals surface area (Å²) in [5, 5.41) is 1.23. The highest BCUT2D eigenvalue weighted by Crippen LogP contribution is 2.33. The average molecular weight is 329 g/mol. The van der Waals surface area contributed by atoms with E-state index < -0.39 is 16.7 Å². The molecule has 1 unspecified atom stereocenters. The molecule has 1 heterocycles. The van der Waals surface area contributed by atoms with Crippen LogP contribution in [0.5, 0.6) is 0 Å². The van der Waals surface area contributed by atoms with E-state index in [1.807, 2.05) is 36.4 Å². The van der Waals surface area contributed by atoms with Crippen molar-refractivity contribution >= 4 is 38.1 Å². The third kappa shape index (κ3) is 3.43. The quantitative estimate of drug-likeness (QED) is 0.781. The highest BCUT2D eigenvalue weighted by Gasteiger charge is 2.08. The van der Waals surface area contributed by atoms with Gasteiger partial charge in [-0.25, -0.2) is 0 Å². The van der Waals surface area contributed by atoms with Crippen LogP contribution in [-0.4, -0.2) is 15.9 Å². The number of nitrogens with two attached hydrogens (primary N) is 1. The molecule has 0 bridgehead atoms. The molecule has 0 aliphatic carbocycles. The van der Waals surface area contributed by atoms with Gasteiger partial charge in [-0.15, -0.1) is 11.3 Å². The lowest BCUT2D eigenvalue weighted by molar-refractivity contribution is -0.115. The van der Waals surface area contributed by atoms with Crippen LogP contribution in [0.3, 0.4) is 0 Å². The van der Waals surface area contributed by atoms with Gasteiger partial charge < -0.3 is 5.73 Å². The van der Waals surface area contributed by atoms with Gasteiger partial charge in [0.2, 0.25) is 5.91 Å². The normalized spacial score (nSPS) is 12.4. The summed E-state index contributed by atoms with van der Waals surface area (Å²) in [4.78, 5) is 12.0. The van der Waals surface area contributed by atoms with E-state index in [4.69, 9.17) is 5.73 Å². The largest absolute Gasteiger partial charge is 0.369 e. The first-order valence-electron chi connectivity index (χ1n) is 6.83. The Bertz CT molecular complexity index is 821. The summed E-state index contributed by atoms with van der Waals surface area (Å²) < 4.78 is 13.1. The molecule has 5 heteroatoms. The Kier molecular flexibility index (Phi) is 4.36. The van der Waals surface area contributed by atoms with Crippen LogP contribution in [-0.2, 0) is 21.3 Å². The maximum atomic E-state index is 11.8. The molecule has 3 rings (SSSR count). The molecule has 0 radical (unpaired) electrons. The van der Waals surface area contributed by atoms with E-state index in [0.29, 0.717) is 5.75 Å². The first-order chi connectivity index (χ1) is 10.6. The van der Waals surface area contributed by atoms with E-state index in [2.05, 4.69) is 18.2 Å². The molecular weight excluding hydrogens is 314 g/mol. The number of carbonyl (C=O) groups is 1. The number of hydrogen-bond donors (Lipinski definition) is 1. The van der Waals surface area contributed by atoms with Crippen molar-refractivity contribution in [2.45, 2.75) is 5.75 Å². The Labute approximate surface area is 135 Å². The molecule has 22 heavy (non-hydrogen) atoms. The molecule has 1 amide bonds. The molecule has 0 spiro atoms. The number of rotatable bonds is 5. The van der Waals surface area contributed by atoms with E-state index in [1.54, 1.807) is 11.3 Å². The third-order valence-corrected chi connectivity index (χ3v) is 5.69. The van der Waals surface area contributed by atoms with Gasteiger partial charge in [-0.1, -0.05) is 36.4 Å². The lowest BCUT2D eigenvalue weighted by Gasteiger charge is -2.03. The number of thiophene rings is 1. The summed E-state index contributed by atoms with van der Waals surface area (Å²) in [5.41, 5.74) is 7.14. The molecule has 112 valence electrons. The first kappa shape index (κ1) is 14.9. The molecule has 2 aromatic carbocycles. The zero-order valence-electron chi connectivity index (χ0n) is 11.8. The van der Waals surface area contributed by atoms with Crippen molar-refractivity contribution in [3.8, 4) is 10.4 Å². The molecule has 0 saturated heterocycles.